The van der Waals surface area contributed by atoms with E-state index in [1.54, 1.807) is 13.4 Å². The van der Waals surface area contributed by atoms with E-state index in [1.165, 1.54) is 16.7 Å². The molecule has 3 heteroatoms. The van der Waals surface area contributed by atoms with Crippen LogP contribution in [0.1, 0.15) is 22.4 Å². The highest BCUT2D eigenvalue weighted by Gasteiger charge is 2.07. The third-order valence-electron chi connectivity index (χ3n) is 3.01. The van der Waals surface area contributed by atoms with Crippen LogP contribution in [-0.4, -0.2) is 17.1 Å². The average molecular weight is 216 g/mol. The van der Waals surface area contributed by atoms with Crippen LogP contribution in [0.25, 0.3) is 0 Å². The van der Waals surface area contributed by atoms with E-state index in [9.17, 15) is 0 Å². The number of imidazole rings is 1. The Bertz CT molecular complexity index is 475. The SMILES string of the molecule is COc1ccc(Cc2cnc[nH]2)c(C)c1C. The van der Waals surface area contributed by atoms with E-state index in [0.29, 0.717) is 0 Å². The zero-order valence-corrected chi connectivity index (χ0v) is 9.87. The van der Waals surface area contributed by atoms with Crippen molar-refractivity contribution in [1.29, 1.82) is 0 Å². The smallest absolute Gasteiger partial charge is 0.122 e. The maximum absolute atomic E-state index is 5.30. The minimum absolute atomic E-state index is 0.886. The van der Waals surface area contributed by atoms with Crippen LogP contribution >= 0.6 is 0 Å². The molecule has 2 rings (SSSR count). The molecule has 0 aliphatic carbocycles. The Balaban J connectivity index is 2.32. The van der Waals surface area contributed by atoms with Crippen molar-refractivity contribution in [3.8, 4) is 5.75 Å². The molecule has 2 aromatic rings. The topological polar surface area (TPSA) is 37.9 Å². The van der Waals surface area contributed by atoms with E-state index in [0.717, 1.165) is 17.9 Å². The van der Waals surface area contributed by atoms with Crippen LogP contribution in [0.3, 0.4) is 0 Å². The molecule has 0 aliphatic heterocycles. The fourth-order valence-electron chi connectivity index (χ4n) is 1.85. The van der Waals surface area contributed by atoms with Crippen LogP contribution in [0.2, 0.25) is 0 Å². The number of rotatable bonds is 3. The van der Waals surface area contributed by atoms with E-state index < -0.39 is 0 Å². The van der Waals surface area contributed by atoms with Crippen molar-refractivity contribution in [2.75, 3.05) is 7.11 Å². The van der Waals surface area contributed by atoms with Gasteiger partial charge in [0.15, 0.2) is 0 Å². The summed E-state index contributed by atoms with van der Waals surface area (Å²) in [7, 11) is 1.70. The minimum atomic E-state index is 0.886. The molecule has 1 heterocycles. The number of ether oxygens (including phenoxy) is 1. The first kappa shape index (κ1) is 10.7. The van der Waals surface area contributed by atoms with E-state index in [1.807, 2.05) is 12.3 Å². The number of nitrogens with one attached hydrogen (secondary N) is 1. The first-order chi connectivity index (χ1) is 7.72. The van der Waals surface area contributed by atoms with Gasteiger partial charge in [-0.1, -0.05) is 6.07 Å². The molecule has 3 nitrogen and oxygen atoms in total. The average Bonchev–Trinajstić information content (AvgIpc) is 2.78. The number of H-pyrrole nitrogens is 1. The zero-order valence-electron chi connectivity index (χ0n) is 9.87. The summed E-state index contributed by atoms with van der Waals surface area (Å²) in [6, 6.07) is 4.13. The largest absolute Gasteiger partial charge is 0.496 e. The fraction of sp³-hybridized carbons (Fsp3) is 0.308. The lowest BCUT2D eigenvalue weighted by molar-refractivity contribution is 0.411. The van der Waals surface area contributed by atoms with E-state index in [4.69, 9.17) is 4.74 Å². The molecule has 16 heavy (non-hydrogen) atoms. The predicted octanol–water partition coefficient (Wildman–Crippen LogP) is 2.63. The van der Waals surface area contributed by atoms with Gasteiger partial charge in [0, 0.05) is 18.3 Å². The molecule has 0 saturated heterocycles. The van der Waals surface area contributed by atoms with Gasteiger partial charge in [0.2, 0.25) is 0 Å². The van der Waals surface area contributed by atoms with Crippen LogP contribution < -0.4 is 4.74 Å². The van der Waals surface area contributed by atoms with E-state index >= 15 is 0 Å². The number of hydrogen-bond donors (Lipinski definition) is 1. The standard InChI is InChI=1S/C13H16N2O/c1-9-10(2)13(16-3)5-4-11(9)6-12-7-14-8-15-12/h4-5,7-8H,6H2,1-3H3,(H,14,15). The molecule has 0 saturated carbocycles. The third kappa shape index (κ3) is 1.94. The fourth-order valence-corrected chi connectivity index (χ4v) is 1.85. The minimum Gasteiger partial charge on any atom is -0.496 e. The number of methoxy groups -OCH3 is 1. The second-order valence-electron chi connectivity index (χ2n) is 3.93. The molecule has 0 bridgehead atoms. The summed E-state index contributed by atoms with van der Waals surface area (Å²) in [5.41, 5.74) is 4.93. The molecule has 1 aromatic heterocycles. The molecule has 0 fully saturated rings. The number of nitrogens with zero attached hydrogens (tertiary/aromatic N) is 1. The van der Waals surface area contributed by atoms with Crippen molar-refractivity contribution in [1.82, 2.24) is 9.97 Å². The molecular formula is C13H16N2O. The first-order valence-electron chi connectivity index (χ1n) is 5.32. The Morgan fingerprint density at radius 1 is 1.25 bits per heavy atom. The maximum atomic E-state index is 5.30. The molecular weight excluding hydrogens is 200 g/mol. The maximum Gasteiger partial charge on any atom is 0.122 e. The van der Waals surface area contributed by atoms with Gasteiger partial charge in [-0.2, -0.15) is 0 Å². The lowest BCUT2D eigenvalue weighted by Crippen LogP contribution is -1.97. The first-order valence-corrected chi connectivity index (χ1v) is 5.32. The van der Waals surface area contributed by atoms with Crippen molar-refractivity contribution < 1.29 is 4.74 Å². The van der Waals surface area contributed by atoms with Gasteiger partial charge in [-0.15, -0.1) is 0 Å². The highest BCUT2D eigenvalue weighted by atomic mass is 16.5. The molecule has 84 valence electrons. The van der Waals surface area contributed by atoms with Crippen molar-refractivity contribution in [3.05, 3.63) is 47.0 Å². The summed E-state index contributed by atoms with van der Waals surface area (Å²) in [6.07, 6.45) is 4.46. The van der Waals surface area contributed by atoms with Crippen molar-refractivity contribution in [2.45, 2.75) is 20.3 Å². The molecule has 0 unspecified atom stereocenters. The third-order valence-corrected chi connectivity index (χ3v) is 3.01. The van der Waals surface area contributed by atoms with E-state index in [2.05, 4.69) is 29.9 Å². The summed E-state index contributed by atoms with van der Waals surface area (Å²) >= 11 is 0. The summed E-state index contributed by atoms with van der Waals surface area (Å²) in [6.45, 7) is 4.22. The summed E-state index contributed by atoms with van der Waals surface area (Å²) in [5, 5.41) is 0. The van der Waals surface area contributed by atoms with Crippen LogP contribution in [0.5, 0.6) is 5.75 Å². The second kappa shape index (κ2) is 4.39. The second-order valence-corrected chi connectivity index (χ2v) is 3.93. The van der Waals surface area contributed by atoms with Crippen molar-refractivity contribution in [3.63, 3.8) is 0 Å². The Kier molecular flexibility index (Phi) is 2.95. The Hall–Kier alpha value is -1.77. The van der Waals surface area contributed by atoms with Crippen LogP contribution in [0.4, 0.5) is 0 Å². The summed E-state index contributed by atoms with van der Waals surface area (Å²) in [5.74, 6) is 0.950. The quantitative estimate of drug-likeness (QED) is 0.856. The molecule has 0 spiro atoms. The molecule has 1 aromatic carbocycles. The number of aromatic nitrogens is 2. The van der Waals surface area contributed by atoms with Gasteiger partial charge in [-0.25, -0.2) is 4.98 Å². The normalized spacial score (nSPS) is 10.4. The lowest BCUT2D eigenvalue weighted by atomic mass is 9.99. The highest BCUT2D eigenvalue weighted by Crippen LogP contribution is 2.25. The number of hydrogen-bond acceptors (Lipinski definition) is 2. The van der Waals surface area contributed by atoms with Gasteiger partial charge in [0.1, 0.15) is 5.75 Å². The molecule has 0 aliphatic rings. The summed E-state index contributed by atoms with van der Waals surface area (Å²) < 4.78 is 5.30. The molecule has 0 atom stereocenters. The monoisotopic (exact) mass is 216 g/mol. The molecule has 0 radical (unpaired) electrons. The van der Waals surface area contributed by atoms with E-state index in [-0.39, 0.29) is 0 Å². The zero-order chi connectivity index (χ0) is 11.5. The van der Waals surface area contributed by atoms with Crippen LogP contribution in [0, 0.1) is 13.8 Å². The van der Waals surface area contributed by atoms with Gasteiger partial charge in [0.05, 0.1) is 13.4 Å². The van der Waals surface area contributed by atoms with Crippen molar-refractivity contribution in [2.24, 2.45) is 0 Å². The predicted molar refractivity (Wildman–Crippen MR) is 63.9 cm³/mol. The van der Waals surface area contributed by atoms with Gasteiger partial charge >= 0.3 is 0 Å². The van der Waals surface area contributed by atoms with Crippen LogP contribution in [-0.2, 0) is 6.42 Å². The Morgan fingerprint density at radius 2 is 2.06 bits per heavy atom. The Labute approximate surface area is 95.5 Å². The number of benzene rings is 1. The Morgan fingerprint density at radius 3 is 2.69 bits per heavy atom. The van der Waals surface area contributed by atoms with Crippen molar-refractivity contribution >= 4 is 0 Å². The molecule has 0 amide bonds. The van der Waals surface area contributed by atoms with Gasteiger partial charge in [-0.05, 0) is 36.6 Å². The summed E-state index contributed by atoms with van der Waals surface area (Å²) in [4.78, 5) is 7.14. The lowest BCUT2D eigenvalue weighted by Gasteiger charge is -2.11. The van der Waals surface area contributed by atoms with Gasteiger partial charge < -0.3 is 9.72 Å². The number of aromatic amines is 1. The molecule has 1 N–H and O–H groups in total. The van der Waals surface area contributed by atoms with Gasteiger partial charge in [0.25, 0.3) is 0 Å². The van der Waals surface area contributed by atoms with Gasteiger partial charge in [-0.3, -0.25) is 0 Å². The van der Waals surface area contributed by atoms with Crippen LogP contribution in [0.15, 0.2) is 24.7 Å². The highest BCUT2D eigenvalue weighted by molar-refractivity contribution is 5.44.